The van der Waals surface area contributed by atoms with Gasteiger partial charge >= 0.3 is 5.97 Å². The second kappa shape index (κ2) is 7.47. The average Bonchev–Trinajstić information content (AvgIpc) is 2.53. The van der Waals surface area contributed by atoms with Gasteiger partial charge in [0.15, 0.2) is 0 Å². The molecule has 2 rings (SSSR count). The van der Waals surface area contributed by atoms with Crippen molar-refractivity contribution in [1.82, 2.24) is 4.98 Å². The second-order valence-electron chi connectivity index (χ2n) is 4.39. The first kappa shape index (κ1) is 15.1. The number of nitrogens with zero attached hydrogens (tertiary/aromatic N) is 1. The first-order chi connectivity index (χ1) is 10.2. The Labute approximate surface area is 128 Å². The molecule has 2 aromatic rings. The molecule has 0 saturated carbocycles. The summed E-state index contributed by atoms with van der Waals surface area (Å²) in [5.41, 5.74) is 2.81. The quantitative estimate of drug-likeness (QED) is 0.496. The molecule has 106 valence electrons. The maximum atomic E-state index is 11.1. The molecule has 0 radical (unpaired) electrons. The van der Waals surface area contributed by atoms with Gasteiger partial charge in [-0.2, -0.15) is 0 Å². The first-order valence-corrected chi connectivity index (χ1v) is 6.84. The Balaban J connectivity index is 1.99. The number of halogens is 1. The van der Waals surface area contributed by atoms with Crippen molar-refractivity contribution in [3.8, 4) is 11.8 Å². The number of benzene rings is 1. The summed E-state index contributed by atoms with van der Waals surface area (Å²) in [6.45, 7) is 0. The number of aromatic nitrogens is 1. The predicted molar refractivity (Wildman–Crippen MR) is 82.0 cm³/mol. The van der Waals surface area contributed by atoms with Crippen LogP contribution in [-0.4, -0.2) is 18.1 Å². The minimum Gasteiger partial charge on any atom is -0.469 e. The van der Waals surface area contributed by atoms with E-state index in [4.69, 9.17) is 11.6 Å². The zero-order valence-electron chi connectivity index (χ0n) is 11.6. The maximum absolute atomic E-state index is 11.1. The molecule has 0 unspecified atom stereocenters. The van der Waals surface area contributed by atoms with E-state index in [1.165, 1.54) is 7.11 Å². The van der Waals surface area contributed by atoms with Crippen molar-refractivity contribution < 1.29 is 9.53 Å². The highest BCUT2D eigenvalue weighted by Gasteiger charge is 2.00. The molecule has 0 aliphatic heterocycles. The highest BCUT2D eigenvalue weighted by atomic mass is 35.5. The molecular formula is C17H14ClNO2. The number of ether oxygens (including phenoxy) is 1. The van der Waals surface area contributed by atoms with Crippen molar-refractivity contribution in [3.63, 3.8) is 0 Å². The van der Waals surface area contributed by atoms with Crippen molar-refractivity contribution in [2.24, 2.45) is 0 Å². The van der Waals surface area contributed by atoms with E-state index in [2.05, 4.69) is 21.6 Å². The summed E-state index contributed by atoms with van der Waals surface area (Å²) >= 11 is 5.72. The molecule has 1 heterocycles. The summed E-state index contributed by atoms with van der Waals surface area (Å²) in [7, 11) is 1.40. The Hall–Kier alpha value is -2.31. The van der Waals surface area contributed by atoms with Crippen LogP contribution < -0.4 is 0 Å². The van der Waals surface area contributed by atoms with E-state index in [1.54, 1.807) is 12.3 Å². The summed E-state index contributed by atoms with van der Waals surface area (Å²) in [5.74, 6) is 5.88. The van der Waals surface area contributed by atoms with E-state index in [9.17, 15) is 4.79 Å². The molecule has 0 fully saturated rings. The molecule has 3 nitrogen and oxygen atoms in total. The topological polar surface area (TPSA) is 39.2 Å². The van der Waals surface area contributed by atoms with Crippen LogP contribution in [0.4, 0.5) is 0 Å². The van der Waals surface area contributed by atoms with Crippen molar-refractivity contribution in [1.29, 1.82) is 0 Å². The monoisotopic (exact) mass is 299 g/mol. The van der Waals surface area contributed by atoms with Crippen LogP contribution in [0.25, 0.3) is 0 Å². The molecule has 21 heavy (non-hydrogen) atoms. The summed E-state index contributed by atoms with van der Waals surface area (Å²) in [5, 5.41) is 0.454. The van der Waals surface area contributed by atoms with Gasteiger partial charge in [0.2, 0.25) is 0 Å². The van der Waals surface area contributed by atoms with E-state index in [0.717, 1.165) is 16.7 Å². The first-order valence-electron chi connectivity index (χ1n) is 6.47. The fourth-order valence-electron chi connectivity index (χ4n) is 1.70. The SMILES string of the molecule is COC(=O)CCc1ccc(C#Cc2ccc(Cl)nc2)cc1. The smallest absolute Gasteiger partial charge is 0.305 e. The number of aryl methyl sites for hydroxylation is 1. The number of rotatable bonds is 3. The zero-order chi connectivity index (χ0) is 15.1. The minimum absolute atomic E-state index is 0.200. The number of carbonyl (C=O) groups is 1. The van der Waals surface area contributed by atoms with Gasteiger partial charge in [-0.25, -0.2) is 4.98 Å². The summed E-state index contributed by atoms with van der Waals surface area (Å²) < 4.78 is 4.62. The van der Waals surface area contributed by atoms with Crippen LogP contribution in [0.5, 0.6) is 0 Å². The largest absolute Gasteiger partial charge is 0.469 e. The number of methoxy groups -OCH3 is 1. The van der Waals surface area contributed by atoms with Gasteiger partial charge in [0.05, 0.1) is 7.11 Å². The zero-order valence-corrected chi connectivity index (χ0v) is 12.4. The standard InChI is InChI=1S/C17H14ClNO2/c1-21-17(20)11-9-14-4-2-13(3-5-14)6-7-15-8-10-16(18)19-12-15/h2-5,8,10,12H,9,11H2,1H3. The lowest BCUT2D eigenvalue weighted by atomic mass is 10.1. The molecule has 1 aromatic heterocycles. The van der Waals surface area contributed by atoms with Crippen molar-refractivity contribution in [3.05, 3.63) is 64.4 Å². The molecule has 0 N–H and O–H groups in total. The Morgan fingerprint density at radius 2 is 1.81 bits per heavy atom. The van der Waals surface area contributed by atoms with Crippen LogP contribution in [0.15, 0.2) is 42.6 Å². The lowest BCUT2D eigenvalue weighted by Gasteiger charge is -2.00. The highest BCUT2D eigenvalue weighted by Crippen LogP contribution is 2.07. The molecule has 4 heteroatoms. The van der Waals surface area contributed by atoms with Crippen LogP contribution in [0.1, 0.15) is 23.1 Å². The summed E-state index contributed by atoms with van der Waals surface area (Å²) in [4.78, 5) is 15.0. The lowest BCUT2D eigenvalue weighted by Crippen LogP contribution is -2.01. The van der Waals surface area contributed by atoms with E-state index in [-0.39, 0.29) is 5.97 Å². The van der Waals surface area contributed by atoms with Gasteiger partial charge in [0, 0.05) is 23.7 Å². The molecule has 0 atom stereocenters. The lowest BCUT2D eigenvalue weighted by molar-refractivity contribution is -0.140. The molecule has 0 spiro atoms. The van der Waals surface area contributed by atoms with Gasteiger partial charge in [-0.3, -0.25) is 4.79 Å². The van der Waals surface area contributed by atoms with Crippen LogP contribution in [0.2, 0.25) is 5.15 Å². The van der Waals surface area contributed by atoms with Crippen molar-refractivity contribution in [2.45, 2.75) is 12.8 Å². The Morgan fingerprint density at radius 3 is 2.43 bits per heavy atom. The second-order valence-corrected chi connectivity index (χ2v) is 4.78. The van der Waals surface area contributed by atoms with E-state index < -0.39 is 0 Å². The van der Waals surface area contributed by atoms with Gasteiger partial charge in [-0.1, -0.05) is 35.6 Å². The maximum Gasteiger partial charge on any atom is 0.305 e. The van der Waals surface area contributed by atoms with Crippen molar-refractivity contribution in [2.75, 3.05) is 7.11 Å². The fraction of sp³-hybridized carbons (Fsp3) is 0.176. The summed E-state index contributed by atoms with van der Waals surface area (Å²) in [6, 6.07) is 11.3. The Kier molecular flexibility index (Phi) is 5.36. The Morgan fingerprint density at radius 1 is 1.14 bits per heavy atom. The summed E-state index contributed by atoms with van der Waals surface area (Å²) in [6.07, 6.45) is 2.69. The number of pyridine rings is 1. The molecule has 1 aromatic carbocycles. The van der Waals surface area contributed by atoms with Gasteiger partial charge in [0.1, 0.15) is 5.15 Å². The third kappa shape index (κ3) is 4.94. The van der Waals surface area contributed by atoms with E-state index >= 15 is 0 Å². The van der Waals surface area contributed by atoms with Crippen LogP contribution in [0, 0.1) is 11.8 Å². The molecule has 0 bridgehead atoms. The van der Waals surface area contributed by atoms with Gasteiger partial charge < -0.3 is 4.74 Å². The Bertz CT molecular complexity index is 667. The molecule has 0 aliphatic carbocycles. The number of esters is 1. The van der Waals surface area contributed by atoms with Crippen LogP contribution in [-0.2, 0) is 16.0 Å². The highest BCUT2D eigenvalue weighted by molar-refractivity contribution is 6.29. The fourth-order valence-corrected chi connectivity index (χ4v) is 1.81. The van der Waals surface area contributed by atoms with Gasteiger partial charge in [-0.15, -0.1) is 0 Å². The third-order valence-electron chi connectivity index (χ3n) is 2.88. The van der Waals surface area contributed by atoms with E-state index in [0.29, 0.717) is 18.0 Å². The van der Waals surface area contributed by atoms with E-state index in [1.807, 2.05) is 30.3 Å². The average molecular weight is 300 g/mol. The molecule has 0 amide bonds. The molecular weight excluding hydrogens is 286 g/mol. The normalized spacial score (nSPS) is 9.62. The van der Waals surface area contributed by atoms with Crippen LogP contribution >= 0.6 is 11.6 Å². The van der Waals surface area contributed by atoms with Gasteiger partial charge in [-0.05, 0) is 36.2 Å². The predicted octanol–water partition coefficient (Wildman–Crippen LogP) is 3.24. The number of carbonyl (C=O) groups excluding carboxylic acids is 1. The molecule has 0 saturated heterocycles. The molecule has 0 aliphatic rings. The minimum atomic E-state index is -0.200. The third-order valence-corrected chi connectivity index (χ3v) is 3.10. The number of hydrogen-bond acceptors (Lipinski definition) is 3. The van der Waals surface area contributed by atoms with Crippen molar-refractivity contribution >= 4 is 17.6 Å². The van der Waals surface area contributed by atoms with Crippen LogP contribution in [0.3, 0.4) is 0 Å². The number of hydrogen-bond donors (Lipinski definition) is 0. The van der Waals surface area contributed by atoms with Gasteiger partial charge in [0.25, 0.3) is 0 Å².